The highest BCUT2D eigenvalue weighted by molar-refractivity contribution is 6.10. The number of aromatic carboxylic acids is 1. The minimum atomic E-state index is -1.16. The van der Waals surface area contributed by atoms with Gasteiger partial charge in [0, 0.05) is 18.3 Å². The number of rotatable bonds is 4. The molecule has 0 atom stereocenters. The number of carbonyl (C=O) groups is 3. The lowest BCUT2D eigenvalue weighted by molar-refractivity contribution is -0.114. The van der Waals surface area contributed by atoms with Crippen molar-refractivity contribution in [2.24, 2.45) is 0 Å². The van der Waals surface area contributed by atoms with Gasteiger partial charge in [0.1, 0.15) is 0 Å². The zero-order valence-corrected chi connectivity index (χ0v) is 11.8. The van der Waals surface area contributed by atoms with Gasteiger partial charge >= 0.3 is 5.97 Å². The van der Waals surface area contributed by atoms with Crippen LogP contribution in [-0.4, -0.2) is 22.9 Å². The van der Waals surface area contributed by atoms with E-state index in [2.05, 4.69) is 10.6 Å². The van der Waals surface area contributed by atoms with Crippen LogP contribution < -0.4 is 10.6 Å². The topological polar surface area (TPSA) is 95.5 Å². The van der Waals surface area contributed by atoms with E-state index in [0.717, 1.165) is 0 Å². The van der Waals surface area contributed by atoms with Crippen LogP contribution >= 0.6 is 0 Å². The highest BCUT2D eigenvalue weighted by atomic mass is 16.4. The maximum atomic E-state index is 12.2. The second kappa shape index (κ2) is 6.53. The molecule has 0 saturated heterocycles. The van der Waals surface area contributed by atoms with E-state index in [4.69, 9.17) is 5.11 Å². The molecule has 0 unspecified atom stereocenters. The van der Waals surface area contributed by atoms with Gasteiger partial charge in [0.05, 0.1) is 11.1 Å². The first-order valence-corrected chi connectivity index (χ1v) is 6.48. The van der Waals surface area contributed by atoms with Gasteiger partial charge in [-0.2, -0.15) is 0 Å². The summed E-state index contributed by atoms with van der Waals surface area (Å²) in [5, 5.41) is 14.3. The molecule has 0 radical (unpaired) electrons. The van der Waals surface area contributed by atoms with Crippen LogP contribution in [0.3, 0.4) is 0 Å². The molecule has 0 aliphatic rings. The van der Waals surface area contributed by atoms with E-state index < -0.39 is 11.9 Å². The Morgan fingerprint density at radius 1 is 0.818 bits per heavy atom. The first-order valence-electron chi connectivity index (χ1n) is 6.48. The van der Waals surface area contributed by atoms with Crippen molar-refractivity contribution in [1.82, 2.24) is 0 Å². The summed E-state index contributed by atoms with van der Waals surface area (Å²) < 4.78 is 0. The van der Waals surface area contributed by atoms with Crippen molar-refractivity contribution in [3.8, 4) is 0 Å². The summed E-state index contributed by atoms with van der Waals surface area (Å²) in [6.45, 7) is 1.40. The van der Waals surface area contributed by atoms with E-state index >= 15 is 0 Å². The third kappa shape index (κ3) is 3.69. The fourth-order valence-corrected chi connectivity index (χ4v) is 1.91. The molecule has 0 fully saturated rings. The third-order valence-corrected chi connectivity index (χ3v) is 2.87. The number of anilines is 2. The van der Waals surface area contributed by atoms with Crippen LogP contribution in [0.4, 0.5) is 11.4 Å². The number of carboxylic acid groups (broad SMARTS) is 1. The summed E-state index contributed by atoms with van der Waals surface area (Å²) in [5.74, 6) is -1.86. The molecule has 2 amide bonds. The Bertz CT molecular complexity index is 723. The van der Waals surface area contributed by atoms with Crippen molar-refractivity contribution in [3.05, 3.63) is 59.7 Å². The van der Waals surface area contributed by atoms with Crippen LogP contribution in [0, 0.1) is 0 Å². The Kier molecular flexibility index (Phi) is 4.53. The molecule has 2 aromatic carbocycles. The quantitative estimate of drug-likeness (QED) is 0.808. The van der Waals surface area contributed by atoms with Gasteiger partial charge < -0.3 is 15.7 Å². The third-order valence-electron chi connectivity index (χ3n) is 2.87. The first-order chi connectivity index (χ1) is 10.5. The van der Waals surface area contributed by atoms with E-state index in [9.17, 15) is 14.4 Å². The number of nitrogens with one attached hydrogen (secondary N) is 2. The molecule has 0 aliphatic carbocycles. The zero-order valence-electron chi connectivity index (χ0n) is 11.8. The molecule has 6 nitrogen and oxygen atoms in total. The van der Waals surface area contributed by atoms with E-state index in [-0.39, 0.29) is 17.0 Å². The SMILES string of the molecule is CC(=O)Nc1ccc(NC(=O)c2ccccc2C(=O)O)cc1. The molecule has 0 bridgehead atoms. The molecule has 112 valence electrons. The predicted octanol–water partition coefficient (Wildman–Crippen LogP) is 2.60. The molecule has 6 heteroatoms. The molecule has 2 aromatic rings. The van der Waals surface area contributed by atoms with Gasteiger partial charge in [-0.15, -0.1) is 0 Å². The van der Waals surface area contributed by atoms with Crippen molar-refractivity contribution in [3.63, 3.8) is 0 Å². The number of hydrogen-bond donors (Lipinski definition) is 3. The summed E-state index contributed by atoms with van der Waals surface area (Å²) in [7, 11) is 0. The maximum absolute atomic E-state index is 12.2. The first kappa shape index (κ1) is 15.2. The van der Waals surface area contributed by atoms with Crippen molar-refractivity contribution < 1.29 is 19.5 Å². The molecule has 2 rings (SSSR count). The van der Waals surface area contributed by atoms with Gasteiger partial charge in [-0.25, -0.2) is 4.79 Å². The van der Waals surface area contributed by atoms with E-state index in [1.54, 1.807) is 36.4 Å². The molecule has 0 heterocycles. The van der Waals surface area contributed by atoms with Crippen molar-refractivity contribution in [2.75, 3.05) is 10.6 Å². The minimum Gasteiger partial charge on any atom is -0.478 e. The lowest BCUT2D eigenvalue weighted by Crippen LogP contribution is -2.16. The average molecular weight is 298 g/mol. The van der Waals surface area contributed by atoms with Crippen LogP contribution in [0.2, 0.25) is 0 Å². The van der Waals surface area contributed by atoms with E-state index in [1.807, 2.05) is 0 Å². The molecule has 3 N–H and O–H groups in total. The normalized spacial score (nSPS) is 9.86. The van der Waals surface area contributed by atoms with Gasteiger partial charge in [-0.05, 0) is 36.4 Å². The standard InChI is InChI=1S/C16H14N2O4/c1-10(19)17-11-6-8-12(9-7-11)18-15(20)13-4-2-3-5-14(13)16(21)22/h2-9H,1H3,(H,17,19)(H,18,20)(H,21,22). The van der Waals surface area contributed by atoms with Crippen molar-refractivity contribution in [1.29, 1.82) is 0 Å². The number of amides is 2. The molecule has 0 aliphatic heterocycles. The molecule has 22 heavy (non-hydrogen) atoms. The number of carbonyl (C=O) groups excluding carboxylic acids is 2. The van der Waals surface area contributed by atoms with Crippen LogP contribution in [-0.2, 0) is 4.79 Å². The lowest BCUT2D eigenvalue weighted by atomic mass is 10.1. The predicted molar refractivity (Wildman–Crippen MR) is 82.1 cm³/mol. The van der Waals surface area contributed by atoms with Gasteiger partial charge in [-0.3, -0.25) is 9.59 Å². The molecule has 0 spiro atoms. The number of carboxylic acids is 1. The second-order valence-electron chi connectivity index (χ2n) is 4.56. The average Bonchev–Trinajstić information content (AvgIpc) is 2.48. The van der Waals surface area contributed by atoms with Crippen LogP contribution in [0.25, 0.3) is 0 Å². The van der Waals surface area contributed by atoms with Crippen molar-refractivity contribution in [2.45, 2.75) is 6.92 Å². The Morgan fingerprint density at radius 2 is 1.32 bits per heavy atom. The number of hydrogen-bond acceptors (Lipinski definition) is 3. The molecular weight excluding hydrogens is 284 g/mol. The largest absolute Gasteiger partial charge is 0.478 e. The Morgan fingerprint density at radius 3 is 1.82 bits per heavy atom. The van der Waals surface area contributed by atoms with E-state index in [1.165, 1.54) is 19.1 Å². The molecule has 0 aromatic heterocycles. The maximum Gasteiger partial charge on any atom is 0.336 e. The van der Waals surface area contributed by atoms with Gasteiger partial charge in [0.15, 0.2) is 0 Å². The van der Waals surface area contributed by atoms with Crippen molar-refractivity contribution >= 4 is 29.2 Å². The summed E-state index contributed by atoms with van der Waals surface area (Å²) in [5.41, 5.74) is 1.13. The van der Waals surface area contributed by atoms with Crippen LogP contribution in [0.1, 0.15) is 27.6 Å². The number of benzene rings is 2. The molecular formula is C16H14N2O4. The highest BCUT2D eigenvalue weighted by Gasteiger charge is 2.15. The Balaban J connectivity index is 2.15. The Labute approximate surface area is 126 Å². The smallest absolute Gasteiger partial charge is 0.336 e. The summed E-state index contributed by atoms with van der Waals surface area (Å²) >= 11 is 0. The van der Waals surface area contributed by atoms with Gasteiger partial charge in [0.25, 0.3) is 5.91 Å². The fourth-order valence-electron chi connectivity index (χ4n) is 1.91. The van der Waals surface area contributed by atoms with Crippen LogP contribution in [0.15, 0.2) is 48.5 Å². The lowest BCUT2D eigenvalue weighted by Gasteiger charge is -2.08. The van der Waals surface area contributed by atoms with Gasteiger partial charge in [0.2, 0.25) is 5.91 Å². The van der Waals surface area contributed by atoms with Crippen LogP contribution in [0.5, 0.6) is 0 Å². The summed E-state index contributed by atoms with van der Waals surface area (Å²) in [6, 6.07) is 12.5. The summed E-state index contributed by atoms with van der Waals surface area (Å²) in [4.78, 5) is 34.2. The molecule has 0 saturated carbocycles. The highest BCUT2D eigenvalue weighted by Crippen LogP contribution is 2.16. The Hall–Kier alpha value is -3.15. The van der Waals surface area contributed by atoms with Gasteiger partial charge in [-0.1, -0.05) is 12.1 Å². The van der Waals surface area contributed by atoms with E-state index in [0.29, 0.717) is 11.4 Å². The monoisotopic (exact) mass is 298 g/mol. The zero-order chi connectivity index (χ0) is 16.1. The summed E-state index contributed by atoms with van der Waals surface area (Å²) in [6.07, 6.45) is 0. The second-order valence-corrected chi connectivity index (χ2v) is 4.56. The fraction of sp³-hybridized carbons (Fsp3) is 0.0625. The minimum absolute atomic E-state index is 0.0603.